The summed E-state index contributed by atoms with van der Waals surface area (Å²) in [5, 5.41) is 15.6. The van der Waals surface area contributed by atoms with E-state index in [1.165, 1.54) is 37.1 Å². The molecule has 3 aromatic rings. The van der Waals surface area contributed by atoms with Gasteiger partial charge in [0, 0.05) is 48.8 Å². The third kappa shape index (κ3) is 12.5. The molecule has 0 radical (unpaired) electrons. The van der Waals surface area contributed by atoms with Gasteiger partial charge in [0.1, 0.15) is 5.60 Å². The molecule has 2 saturated carbocycles. The molecule has 0 spiro atoms. The van der Waals surface area contributed by atoms with Crippen molar-refractivity contribution in [3.05, 3.63) is 87.4 Å². The summed E-state index contributed by atoms with van der Waals surface area (Å²) in [5.41, 5.74) is 2.80. The fraction of sp³-hybridized carbons (Fsp3) is 0.488. The Kier molecular flexibility index (Phi) is 15.9. The molecule has 1 aliphatic heterocycles. The van der Waals surface area contributed by atoms with Crippen LogP contribution in [-0.4, -0.2) is 115 Å². The topological polar surface area (TPSA) is 185 Å². The van der Waals surface area contributed by atoms with E-state index < -0.39 is 21.6 Å². The summed E-state index contributed by atoms with van der Waals surface area (Å²) in [6.45, 7) is 4.06. The van der Waals surface area contributed by atoms with Gasteiger partial charge in [0.2, 0.25) is 10.0 Å². The van der Waals surface area contributed by atoms with Gasteiger partial charge in [0.25, 0.3) is 5.91 Å². The lowest BCUT2D eigenvalue weighted by Gasteiger charge is -2.39. The first kappa shape index (κ1) is 44.5. The maximum Gasteiger partial charge on any atom is 0.335 e. The Morgan fingerprint density at radius 3 is 2.05 bits per heavy atom. The fourth-order valence-corrected chi connectivity index (χ4v) is 8.25. The van der Waals surface area contributed by atoms with Gasteiger partial charge in [-0.05, 0) is 98.2 Å². The van der Waals surface area contributed by atoms with Gasteiger partial charge in [-0.2, -0.15) is 0 Å². The minimum Gasteiger partial charge on any atom is -0.478 e. The molecular weight excluding hydrogens is 825 g/mol. The number of hydrogen-bond acceptors (Lipinski definition) is 10. The molecule has 3 amide bonds. The summed E-state index contributed by atoms with van der Waals surface area (Å²) in [6, 6.07) is 16.9. The number of hydrogen-bond donors (Lipinski definition) is 4. The average Bonchev–Trinajstić information content (AvgIpc) is 4.18. The zero-order chi connectivity index (χ0) is 41.8. The molecule has 2 aliphatic carbocycles. The van der Waals surface area contributed by atoms with E-state index >= 15 is 0 Å². The molecular formula is C41H51Cl2N5O10S. The molecule has 15 nitrogen and oxygen atoms in total. The second-order valence-corrected chi connectivity index (χ2v) is 17.1. The van der Waals surface area contributed by atoms with Crippen molar-refractivity contribution >= 4 is 62.5 Å². The second kappa shape index (κ2) is 21.0. The van der Waals surface area contributed by atoms with Crippen LogP contribution in [0.3, 0.4) is 0 Å². The van der Waals surface area contributed by atoms with Crippen LogP contribution in [0.15, 0.2) is 65.6 Å². The van der Waals surface area contributed by atoms with Crippen molar-refractivity contribution in [3.63, 3.8) is 0 Å². The van der Waals surface area contributed by atoms with Crippen molar-refractivity contribution in [2.24, 2.45) is 0 Å². The summed E-state index contributed by atoms with van der Waals surface area (Å²) in [4.78, 5) is 41.3. The van der Waals surface area contributed by atoms with E-state index in [0.717, 1.165) is 29.0 Å². The molecule has 2 fully saturated rings. The van der Waals surface area contributed by atoms with Crippen LogP contribution in [-0.2, 0) is 46.8 Å². The van der Waals surface area contributed by atoms with E-state index in [2.05, 4.69) is 26.3 Å². The van der Waals surface area contributed by atoms with E-state index in [0.29, 0.717) is 87.8 Å². The molecule has 59 heavy (non-hydrogen) atoms. The van der Waals surface area contributed by atoms with Gasteiger partial charge in [-0.3, -0.25) is 4.79 Å². The first-order chi connectivity index (χ1) is 28.5. The van der Waals surface area contributed by atoms with Gasteiger partial charge in [-0.25, -0.2) is 22.7 Å². The van der Waals surface area contributed by atoms with Crippen LogP contribution in [0.25, 0.3) is 0 Å². The summed E-state index contributed by atoms with van der Waals surface area (Å²) in [7, 11) is -3.78. The number of halogens is 2. The Hall–Kier alpha value is -4.00. The van der Waals surface area contributed by atoms with Gasteiger partial charge in [0.05, 0.1) is 68.1 Å². The molecule has 0 unspecified atom stereocenters. The Morgan fingerprint density at radius 2 is 1.39 bits per heavy atom. The monoisotopic (exact) mass is 875 g/mol. The first-order valence-electron chi connectivity index (χ1n) is 19.8. The summed E-state index contributed by atoms with van der Waals surface area (Å²) < 4.78 is 49.6. The predicted octanol–water partition coefficient (Wildman–Crippen LogP) is 5.02. The van der Waals surface area contributed by atoms with E-state index in [-0.39, 0.29) is 48.8 Å². The number of nitrogens with zero attached hydrogens (tertiary/aromatic N) is 2. The van der Waals surface area contributed by atoms with E-state index in [1.807, 2.05) is 29.2 Å². The molecule has 0 bridgehead atoms. The average molecular weight is 877 g/mol. The van der Waals surface area contributed by atoms with Crippen molar-refractivity contribution in [2.75, 3.05) is 82.2 Å². The number of amides is 3. The number of ether oxygens (including phenoxy) is 4. The quantitative estimate of drug-likeness (QED) is 0.0887. The van der Waals surface area contributed by atoms with Gasteiger partial charge < -0.3 is 44.5 Å². The number of sulfonamides is 1. The van der Waals surface area contributed by atoms with Crippen molar-refractivity contribution < 1.29 is 46.9 Å². The number of aryl methyl sites for hydroxylation is 1. The molecule has 3 aliphatic rings. The predicted molar refractivity (Wildman–Crippen MR) is 223 cm³/mol. The molecule has 0 aromatic heterocycles. The van der Waals surface area contributed by atoms with Gasteiger partial charge >= 0.3 is 12.0 Å². The molecule has 3 aromatic carbocycles. The zero-order valence-corrected chi connectivity index (χ0v) is 35.1. The Labute approximate surface area is 354 Å². The summed E-state index contributed by atoms with van der Waals surface area (Å²) in [6.07, 6.45) is 4.98. The highest BCUT2D eigenvalue weighted by molar-refractivity contribution is 7.89. The van der Waals surface area contributed by atoms with E-state index in [4.69, 9.17) is 47.3 Å². The lowest BCUT2D eigenvalue weighted by Crippen LogP contribution is -2.49. The first-order valence-corrected chi connectivity index (χ1v) is 22.1. The van der Waals surface area contributed by atoms with Gasteiger partial charge in [-0.1, -0.05) is 35.3 Å². The molecule has 0 atom stereocenters. The van der Waals surface area contributed by atoms with Crippen molar-refractivity contribution in [1.82, 2.24) is 15.4 Å². The molecule has 320 valence electrons. The number of nitrogens with one attached hydrogen (secondary N) is 3. The third-order valence-corrected chi connectivity index (χ3v) is 12.4. The van der Waals surface area contributed by atoms with Crippen LogP contribution >= 0.6 is 23.2 Å². The van der Waals surface area contributed by atoms with Crippen LogP contribution in [0.2, 0.25) is 10.0 Å². The molecule has 6 rings (SSSR count). The standard InChI is InChI=1S/C41H51Cl2N5O10S/c42-34-27-31(28-58-41(13-14-41)39(51)48-19-18-47(32-9-10-32)36-5-1-2-6-37(36)48)35(43)26-30(34)4-3-15-44-40(52)45-16-20-55-22-24-57-25-23-56-21-17-46-59(53,54)33-11-7-29(8-12-33)38(49)50/h1-2,5-8,11-12,26-27,32,46H,3-4,9-10,13-25,28H2,(H,49,50)(H2,44,45,52). The van der Waals surface area contributed by atoms with Crippen LogP contribution < -0.4 is 25.2 Å². The van der Waals surface area contributed by atoms with Gasteiger partial charge in [-0.15, -0.1) is 0 Å². The molecule has 4 N–H and O–H groups in total. The second-order valence-electron chi connectivity index (χ2n) is 14.5. The number of benzene rings is 3. The number of para-hydroxylation sites is 2. The van der Waals surface area contributed by atoms with Crippen LogP contribution in [0.5, 0.6) is 0 Å². The Morgan fingerprint density at radius 1 is 0.780 bits per heavy atom. The lowest BCUT2D eigenvalue weighted by molar-refractivity contribution is -0.133. The maximum absolute atomic E-state index is 13.8. The highest BCUT2D eigenvalue weighted by atomic mass is 35.5. The van der Waals surface area contributed by atoms with Gasteiger partial charge in [0.15, 0.2) is 0 Å². The number of carboxylic acids is 1. The SMILES string of the molecule is O=C(NCCCc1cc(Cl)c(COC2(C(=O)N3CCN(C4CC4)c4ccccc43)CC2)cc1Cl)NCCOCCOCCOCCNS(=O)(=O)c1ccc(C(=O)O)cc1. The molecule has 0 saturated heterocycles. The number of urea groups is 1. The third-order valence-electron chi connectivity index (χ3n) is 10.2. The molecule has 18 heteroatoms. The van der Waals surface area contributed by atoms with E-state index in [1.54, 1.807) is 6.07 Å². The number of anilines is 2. The van der Waals surface area contributed by atoms with Crippen molar-refractivity contribution in [1.29, 1.82) is 0 Å². The number of fused-ring (bicyclic) bond motifs is 1. The van der Waals surface area contributed by atoms with E-state index in [9.17, 15) is 22.8 Å². The fourth-order valence-electron chi connectivity index (χ4n) is 6.72. The Balaban J connectivity index is 0.778. The number of rotatable bonds is 24. The minimum absolute atomic E-state index is 0.00119. The number of carboxylic acid groups (broad SMARTS) is 1. The number of carbonyl (C=O) groups excluding carboxylic acids is 2. The Bertz CT molecular complexity index is 2030. The lowest BCUT2D eigenvalue weighted by atomic mass is 10.1. The molecule has 1 heterocycles. The minimum atomic E-state index is -3.78. The summed E-state index contributed by atoms with van der Waals surface area (Å²) in [5.74, 6) is -1.13. The summed E-state index contributed by atoms with van der Waals surface area (Å²) >= 11 is 13.3. The largest absolute Gasteiger partial charge is 0.478 e. The number of carbonyl (C=O) groups is 3. The van der Waals surface area contributed by atoms with Crippen LogP contribution in [0.1, 0.15) is 53.6 Å². The highest BCUT2D eigenvalue weighted by Crippen LogP contribution is 2.46. The van der Waals surface area contributed by atoms with Crippen LogP contribution in [0.4, 0.5) is 16.2 Å². The smallest absolute Gasteiger partial charge is 0.335 e. The number of aromatic carboxylic acids is 1. The van der Waals surface area contributed by atoms with Crippen LogP contribution in [0, 0.1) is 0 Å². The van der Waals surface area contributed by atoms with Crippen molar-refractivity contribution in [3.8, 4) is 0 Å². The normalized spacial score (nSPS) is 15.8. The zero-order valence-electron chi connectivity index (χ0n) is 32.8. The maximum atomic E-state index is 13.8. The highest BCUT2D eigenvalue weighted by Gasteiger charge is 2.54. The van der Waals surface area contributed by atoms with Crippen molar-refractivity contribution in [2.45, 2.75) is 61.7 Å².